The summed E-state index contributed by atoms with van der Waals surface area (Å²) in [5, 5.41) is 14.6. The lowest BCUT2D eigenvalue weighted by molar-refractivity contribution is -0.128. The normalized spacial score (nSPS) is 19.3. The molecule has 1 aliphatic carbocycles. The average Bonchev–Trinajstić information content (AvgIpc) is 3.20. The second-order valence-corrected chi connectivity index (χ2v) is 6.52. The van der Waals surface area contributed by atoms with E-state index in [1.54, 1.807) is 36.6 Å². The van der Waals surface area contributed by atoms with Gasteiger partial charge < -0.3 is 15.1 Å². The van der Waals surface area contributed by atoms with Crippen LogP contribution in [0.4, 0.5) is 5.69 Å². The van der Waals surface area contributed by atoms with Gasteiger partial charge in [-0.2, -0.15) is 5.26 Å². The van der Waals surface area contributed by atoms with Gasteiger partial charge in [0.05, 0.1) is 24.4 Å². The Morgan fingerprint density at radius 1 is 1.04 bits per heavy atom. The molecule has 2 N–H and O–H groups in total. The number of nitrogens with zero attached hydrogens (tertiary/aromatic N) is 1. The predicted octanol–water partition coefficient (Wildman–Crippen LogP) is 3.21. The van der Waals surface area contributed by atoms with Crippen molar-refractivity contribution in [2.24, 2.45) is 11.8 Å². The van der Waals surface area contributed by atoms with Crippen molar-refractivity contribution >= 4 is 17.5 Å². The maximum atomic E-state index is 12.4. The Labute approximate surface area is 152 Å². The van der Waals surface area contributed by atoms with Gasteiger partial charge in [0.15, 0.2) is 0 Å². The van der Waals surface area contributed by atoms with Crippen LogP contribution in [0.2, 0.25) is 0 Å². The zero-order chi connectivity index (χ0) is 18.4. The molecule has 134 valence electrons. The zero-order valence-electron chi connectivity index (χ0n) is 14.4. The smallest absolute Gasteiger partial charge is 0.227 e. The molecule has 3 rings (SSSR count). The SMILES string of the molecule is N#Cc1ccc(NC(=O)C2CCC(C(=O)NCc3ccco3)CC2)cc1. The molecule has 0 saturated heterocycles. The maximum Gasteiger partial charge on any atom is 0.227 e. The molecule has 1 aromatic carbocycles. The molecule has 6 nitrogen and oxygen atoms in total. The maximum absolute atomic E-state index is 12.4. The van der Waals surface area contributed by atoms with E-state index in [1.807, 2.05) is 12.1 Å². The second kappa shape index (κ2) is 8.34. The molecule has 1 heterocycles. The fourth-order valence-corrected chi connectivity index (χ4v) is 3.22. The molecule has 1 fully saturated rings. The van der Waals surface area contributed by atoms with Gasteiger partial charge in [-0.15, -0.1) is 0 Å². The Bertz CT molecular complexity index is 783. The van der Waals surface area contributed by atoms with Crippen LogP contribution in [-0.2, 0) is 16.1 Å². The van der Waals surface area contributed by atoms with E-state index in [0.29, 0.717) is 43.5 Å². The third kappa shape index (κ3) is 4.51. The van der Waals surface area contributed by atoms with Crippen molar-refractivity contribution in [1.82, 2.24) is 5.32 Å². The summed E-state index contributed by atoms with van der Waals surface area (Å²) in [6.07, 6.45) is 4.38. The van der Waals surface area contributed by atoms with Crippen LogP contribution in [0, 0.1) is 23.2 Å². The number of nitrogens with one attached hydrogen (secondary N) is 2. The third-order valence-corrected chi connectivity index (χ3v) is 4.77. The summed E-state index contributed by atoms with van der Waals surface area (Å²) in [6.45, 7) is 0.394. The summed E-state index contributed by atoms with van der Waals surface area (Å²) in [6, 6.07) is 12.5. The largest absolute Gasteiger partial charge is 0.467 e. The molecule has 1 aromatic heterocycles. The summed E-state index contributed by atoms with van der Waals surface area (Å²) >= 11 is 0. The Morgan fingerprint density at radius 3 is 2.27 bits per heavy atom. The highest BCUT2D eigenvalue weighted by molar-refractivity contribution is 5.92. The van der Waals surface area contributed by atoms with Crippen molar-refractivity contribution in [3.05, 3.63) is 54.0 Å². The lowest BCUT2D eigenvalue weighted by Gasteiger charge is -2.27. The molecule has 0 unspecified atom stereocenters. The Balaban J connectivity index is 1.44. The minimum Gasteiger partial charge on any atom is -0.467 e. The first-order valence-corrected chi connectivity index (χ1v) is 8.77. The number of carbonyl (C=O) groups is 2. The number of amides is 2. The van der Waals surface area contributed by atoms with E-state index in [-0.39, 0.29) is 23.7 Å². The highest BCUT2D eigenvalue weighted by Crippen LogP contribution is 2.30. The highest BCUT2D eigenvalue weighted by atomic mass is 16.3. The van der Waals surface area contributed by atoms with Crippen molar-refractivity contribution in [3.63, 3.8) is 0 Å². The van der Waals surface area contributed by atoms with Crippen molar-refractivity contribution in [1.29, 1.82) is 5.26 Å². The lowest BCUT2D eigenvalue weighted by atomic mass is 9.81. The van der Waals surface area contributed by atoms with Gasteiger partial charge in [-0.25, -0.2) is 0 Å². The number of nitriles is 1. The Hall–Kier alpha value is -3.07. The van der Waals surface area contributed by atoms with Crippen molar-refractivity contribution in [3.8, 4) is 6.07 Å². The van der Waals surface area contributed by atoms with E-state index in [9.17, 15) is 9.59 Å². The van der Waals surface area contributed by atoms with Crippen molar-refractivity contribution in [2.45, 2.75) is 32.2 Å². The number of benzene rings is 1. The fourth-order valence-electron chi connectivity index (χ4n) is 3.22. The van der Waals surface area contributed by atoms with Gasteiger partial charge >= 0.3 is 0 Å². The minimum absolute atomic E-state index is 0.0207. The number of rotatable bonds is 5. The van der Waals surface area contributed by atoms with Crippen LogP contribution in [-0.4, -0.2) is 11.8 Å². The predicted molar refractivity (Wildman–Crippen MR) is 95.8 cm³/mol. The van der Waals surface area contributed by atoms with E-state index >= 15 is 0 Å². The average molecular weight is 351 g/mol. The zero-order valence-corrected chi connectivity index (χ0v) is 14.4. The molecule has 0 atom stereocenters. The third-order valence-electron chi connectivity index (χ3n) is 4.77. The first-order chi connectivity index (χ1) is 12.7. The van der Waals surface area contributed by atoms with Crippen LogP contribution in [0.3, 0.4) is 0 Å². The highest BCUT2D eigenvalue weighted by Gasteiger charge is 2.29. The molecule has 2 amide bonds. The first kappa shape index (κ1) is 17.7. The topological polar surface area (TPSA) is 95.1 Å². The quantitative estimate of drug-likeness (QED) is 0.864. The Kier molecular flexibility index (Phi) is 5.69. The summed E-state index contributed by atoms with van der Waals surface area (Å²) in [5.41, 5.74) is 1.25. The fraction of sp³-hybridized carbons (Fsp3) is 0.350. The van der Waals surface area contributed by atoms with E-state index in [2.05, 4.69) is 10.6 Å². The summed E-state index contributed by atoms with van der Waals surface area (Å²) in [7, 11) is 0. The molecule has 0 spiro atoms. The van der Waals surface area contributed by atoms with Crippen LogP contribution < -0.4 is 10.6 Å². The van der Waals surface area contributed by atoms with E-state index in [4.69, 9.17) is 9.68 Å². The van der Waals surface area contributed by atoms with Gasteiger partial charge in [0.25, 0.3) is 0 Å². The molecular formula is C20H21N3O3. The lowest BCUT2D eigenvalue weighted by Crippen LogP contribution is -2.35. The summed E-state index contributed by atoms with van der Waals surface area (Å²) < 4.78 is 5.21. The van der Waals surface area contributed by atoms with E-state index in [0.717, 1.165) is 5.76 Å². The van der Waals surface area contributed by atoms with Crippen LogP contribution in [0.1, 0.15) is 37.0 Å². The summed E-state index contributed by atoms with van der Waals surface area (Å²) in [4.78, 5) is 24.6. The van der Waals surface area contributed by atoms with Crippen LogP contribution in [0.25, 0.3) is 0 Å². The molecule has 6 heteroatoms. The number of hydrogen-bond acceptors (Lipinski definition) is 4. The van der Waals surface area contributed by atoms with Gasteiger partial charge in [-0.05, 0) is 62.1 Å². The van der Waals surface area contributed by atoms with Crippen molar-refractivity contribution in [2.75, 3.05) is 5.32 Å². The molecule has 0 bridgehead atoms. The first-order valence-electron chi connectivity index (χ1n) is 8.77. The van der Waals surface area contributed by atoms with E-state index < -0.39 is 0 Å². The molecule has 2 aromatic rings. The molecular weight excluding hydrogens is 330 g/mol. The van der Waals surface area contributed by atoms with Crippen LogP contribution >= 0.6 is 0 Å². The van der Waals surface area contributed by atoms with Gasteiger partial charge in [0.1, 0.15) is 5.76 Å². The van der Waals surface area contributed by atoms with Gasteiger partial charge in [0.2, 0.25) is 11.8 Å². The number of carbonyl (C=O) groups excluding carboxylic acids is 2. The molecule has 1 aliphatic rings. The Morgan fingerprint density at radius 2 is 1.69 bits per heavy atom. The molecule has 0 aliphatic heterocycles. The van der Waals surface area contributed by atoms with Crippen LogP contribution in [0.5, 0.6) is 0 Å². The number of hydrogen-bond donors (Lipinski definition) is 2. The number of anilines is 1. The van der Waals surface area contributed by atoms with Gasteiger partial charge in [-0.3, -0.25) is 9.59 Å². The monoisotopic (exact) mass is 351 g/mol. The summed E-state index contributed by atoms with van der Waals surface area (Å²) in [5.74, 6) is 0.592. The number of furan rings is 1. The molecule has 0 radical (unpaired) electrons. The van der Waals surface area contributed by atoms with Gasteiger partial charge in [0, 0.05) is 17.5 Å². The van der Waals surface area contributed by atoms with Gasteiger partial charge in [-0.1, -0.05) is 0 Å². The molecule has 26 heavy (non-hydrogen) atoms. The second-order valence-electron chi connectivity index (χ2n) is 6.52. The molecule has 1 saturated carbocycles. The van der Waals surface area contributed by atoms with E-state index in [1.165, 1.54) is 0 Å². The standard InChI is InChI=1S/C20H21N3O3/c21-12-14-3-9-17(10-4-14)23-20(25)16-7-5-15(6-8-16)19(24)22-13-18-2-1-11-26-18/h1-4,9-11,15-16H,5-8,13H2,(H,22,24)(H,23,25). The van der Waals surface area contributed by atoms with Crippen molar-refractivity contribution < 1.29 is 14.0 Å². The minimum atomic E-state index is -0.0835. The van der Waals surface area contributed by atoms with Crippen LogP contribution in [0.15, 0.2) is 47.1 Å².